The van der Waals surface area contributed by atoms with E-state index in [1.165, 1.54) is 7.11 Å². The van der Waals surface area contributed by atoms with Crippen molar-refractivity contribution < 1.29 is 19.1 Å². The van der Waals surface area contributed by atoms with Crippen molar-refractivity contribution in [3.8, 4) is 11.8 Å². The van der Waals surface area contributed by atoms with Crippen LogP contribution < -0.4 is 4.74 Å². The molecule has 1 aromatic rings. The summed E-state index contributed by atoms with van der Waals surface area (Å²) in [5.74, 6) is 0.0349. The van der Waals surface area contributed by atoms with Crippen molar-refractivity contribution in [2.45, 2.75) is 57.1 Å². The smallest absolute Gasteiger partial charge is 0.309 e. The molecule has 0 aromatic heterocycles. The van der Waals surface area contributed by atoms with Gasteiger partial charge in [0.1, 0.15) is 11.3 Å². The minimum Gasteiger partial charge on any atom is -0.481 e. The zero-order valence-corrected chi connectivity index (χ0v) is 15.7. The lowest BCUT2D eigenvalue weighted by Gasteiger charge is -2.40. The van der Waals surface area contributed by atoms with E-state index in [0.717, 1.165) is 24.8 Å². The molecule has 2 rings (SSSR count). The molecule has 6 heteroatoms. The van der Waals surface area contributed by atoms with Gasteiger partial charge in [0.2, 0.25) is 0 Å². The predicted octanol–water partition coefficient (Wildman–Crippen LogP) is 2.85. The van der Waals surface area contributed by atoms with Crippen molar-refractivity contribution in [3.05, 3.63) is 29.8 Å². The minimum absolute atomic E-state index is 0.193. The number of rotatable bonds is 6. The Morgan fingerprint density at radius 3 is 2.38 bits per heavy atom. The van der Waals surface area contributed by atoms with Crippen molar-refractivity contribution in [1.82, 2.24) is 4.90 Å². The number of methoxy groups -OCH3 is 1. The minimum atomic E-state index is -0.725. The number of carbonyl (C=O) groups excluding carboxylic acids is 2. The lowest BCUT2D eigenvalue weighted by molar-refractivity contribution is -0.142. The van der Waals surface area contributed by atoms with E-state index in [-0.39, 0.29) is 18.3 Å². The van der Waals surface area contributed by atoms with Crippen LogP contribution in [-0.2, 0) is 20.7 Å². The monoisotopic (exact) mass is 358 g/mol. The summed E-state index contributed by atoms with van der Waals surface area (Å²) in [5, 5.41) is 9.63. The summed E-state index contributed by atoms with van der Waals surface area (Å²) in [6.45, 7) is 1.69. The highest BCUT2D eigenvalue weighted by Crippen LogP contribution is 2.33. The second-order valence-electron chi connectivity index (χ2n) is 6.76. The molecule has 0 N–H and O–H groups in total. The quantitative estimate of drug-likeness (QED) is 0.731. The standard InChI is InChI=1S/C20H26N2O4/c1-15(19(24)22(2)20(14-21)11-5-4-6-12-20)26-17-9-7-16(8-10-17)13-18(23)25-3/h7-10,15H,4-6,11-13H2,1-3H3. The van der Waals surface area contributed by atoms with Gasteiger partial charge in [-0.25, -0.2) is 0 Å². The molecule has 0 heterocycles. The number of nitrogens with zero attached hydrogens (tertiary/aromatic N) is 2. The highest BCUT2D eigenvalue weighted by atomic mass is 16.5. The number of benzene rings is 1. The number of amides is 1. The largest absolute Gasteiger partial charge is 0.481 e. The Balaban J connectivity index is 2.00. The Kier molecular flexibility index (Phi) is 6.62. The molecular weight excluding hydrogens is 332 g/mol. The molecule has 140 valence electrons. The second-order valence-corrected chi connectivity index (χ2v) is 6.76. The van der Waals surface area contributed by atoms with E-state index in [9.17, 15) is 14.9 Å². The van der Waals surface area contributed by atoms with Gasteiger partial charge in [-0.3, -0.25) is 9.59 Å². The van der Waals surface area contributed by atoms with Crippen LogP contribution in [0.4, 0.5) is 0 Å². The van der Waals surface area contributed by atoms with Gasteiger partial charge in [0, 0.05) is 7.05 Å². The van der Waals surface area contributed by atoms with E-state index in [2.05, 4.69) is 10.8 Å². The lowest BCUT2D eigenvalue weighted by atomic mass is 9.81. The van der Waals surface area contributed by atoms with Crippen molar-refractivity contribution in [1.29, 1.82) is 5.26 Å². The summed E-state index contributed by atoms with van der Waals surface area (Å²) in [5.41, 5.74) is 0.0862. The lowest BCUT2D eigenvalue weighted by Crippen LogP contribution is -2.53. The van der Waals surface area contributed by atoms with Crippen molar-refractivity contribution in [3.63, 3.8) is 0 Å². The second kappa shape index (κ2) is 8.70. The maximum absolute atomic E-state index is 12.8. The van der Waals surface area contributed by atoms with Crippen LogP contribution in [0.1, 0.15) is 44.6 Å². The van der Waals surface area contributed by atoms with Crippen LogP contribution in [0.15, 0.2) is 24.3 Å². The van der Waals surface area contributed by atoms with Crippen LogP contribution in [0.3, 0.4) is 0 Å². The first-order valence-electron chi connectivity index (χ1n) is 8.93. The average Bonchev–Trinajstić information content (AvgIpc) is 2.68. The molecule has 1 aliphatic rings. The van der Waals surface area contributed by atoms with Gasteiger partial charge >= 0.3 is 5.97 Å². The Morgan fingerprint density at radius 1 is 1.23 bits per heavy atom. The summed E-state index contributed by atoms with van der Waals surface area (Å²) in [6, 6.07) is 9.34. The molecule has 0 aliphatic heterocycles. The molecule has 0 spiro atoms. The van der Waals surface area contributed by atoms with Crippen LogP contribution in [0, 0.1) is 11.3 Å². The highest BCUT2D eigenvalue weighted by molar-refractivity contribution is 5.82. The van der Waals surface area contributed by atoms with Gasteiger partial charge in [0.05, 0.1) is 19.6 Å². The van der Waals surface area contributed by atoms with Crippen LogP contribution >= 0.6 is 0 Å². The number of likely N-dealkylation sites (N-methyl/N-ethyl adjacent to an activating group) is 1. The van der Waals surface area contributed by atoms with E-state index in [0.29, 0.717) is 18.6 Å². The molecule has 0 radical (unpaired) electrons. The summed E-state index contributed by atoms with van der Waals surface area (Å²) < 4.78 is 10.4. The Morgan fingerprint density at radius 2 is 1.85 bits per heavy atom. The fraction of sp³-hybridized carbons (Fsp3) is 0.550. The normalized spacial score (nSPS) is 16.8. The Labute approximate surface area is 154 Å². The molecule has 26 heavy (non-hydrogen) atoms. The van der Waals surface area contributed by atoms with Crippen molar-refractivity contribution in [2.75, 3.05) is 14.2 Å². The molecule has 1 amide bonds. The molecule has 1 unspecified atom stereocenters. The predicted molar refractivity (Wildman–Crippen MR) is 96.5 cm³/mol. The first-order chi connectivity index (χ1) is 12.4. The van der Waals surface area contributed by atoms with Gasteiger partial charge in [0.25, 0.3) is 5.91 Å². The van der Waals surface area contributed by atoms with Gasteiger partial charge in [-0.15, -0.1) is 0 Å². The fourth-order valence-electron chi connectivity index (χ4n) is 3.32. The van der Waals surface area contributed by atoms with E-state index < -0.39 is 11.6 Å². The third-order valence-corrected chi connectivity index (χ3v) is 5.02. The summed E-state index contributed by atoms with van der Waals surface area (Å²) >= 11 is 0. The van der Waals surface area contributed by atoms with Gasteiger partial charge in [-0.2, -0.15) is 5.26 Å². The average molecular weight is 358 g/mol. The summed E-state index contributed by atoms with van der Waals surface area (Å²) in [6.07, 6.45) is 3.94. The fourth-order valence-corrected chi connectivity index (χ4v) is 3.32. The Hall–Kier alpha value is -2.55. The SMILES string of the molecule is COC(=O)Cc1ccc(OC(C)C(=O)N(C)C2(C#N)CCCCC2)cc1. The molecule has 0 bridgehead atoms. The van der Waals surface area contributed by atoms with Crippen LogP contribution in [0.5, 0.6) is 5.75 Å². The number of nitriles is 1. The van der Waals surface area contributed by atoms with Gasteiger partial charge in [-0.1, -0.05) is 31.4 Å². The number of esters is 1. The number of hydrogen-bond acceptors (Lipinski definition) is 5. The van der Waals surface area contributed by atoms with Gasteiger partial charge < -0.3 is 14.4 Å². The molecular formula is C20H26N2O4. The van der Waals surface area contributed by atoms with Gasteiger partial charge in [-0.05, 0) is 37.5 Å². The molecule has 1 fully saturated rings. The van der Waals surface area contributed by atoms with E-state index in [1.54, 1.807) is 43.1 Å². The van der Waals surface area contributed by atoms with E-state index >= 15 is 0 Å². The Bertz CT molecular complexity index is 672. The van der Waals surface area contributed by atoms with E-state index in [1.807, 2.05) is 0 Å². The third-order valence-electron chi connectivity index (χ3n) is 5.02. The summed E-state index contributed by atoms with van der Waals surface area (Å²) in [4.78, 5) is 25.6. The number of carbonyl (C=O) groups is 2. The molecule has 1 saturated carbocycles. The van der Waals surface area contributed by atoms with Crippen LogP contribution in [0.25, 0.3) is 0 Å². The van der Waals surface area contributed by atoms with Gasteiger partial charge in [0.15, 0.2) is 6.10 Å². The maximum atomic E-state index is 12.8. The molecule has 1 atom stereocenters. The number of ether oxygens (including phenoxy) is 2. The zero-order valence-electron chi connectivity index (χ0n) is 15.7. The molecule has 6 nitrogen and oxygen atoms in total. The molecule has 1 aromatic carbocycles. The van der Waals surface area contributed by atoms with Crippen LogP contribution in [-0.4, -0.2) is 42.6 Å². The molecule has 1 aliphatic carbocycles. The van der Waals surface area contributed by atoms with Crippen molar-refractivity contribution >= 4 is 11.9 Å². The third kappa shape index (κ3) is 4.54. The van der Waals surface area contributed by atoms with E-state index in [4.69, 9.17) is 4.74 Å². The summed E-state index contributed by atoms with van der Waals surface area (Å²) in [7, 11) is 3.04. The van der Waals surface area contributed by atoms with Crippen molar-refractivity contribution in [2.24, 2.45) is 0 Å². The molecule has 0 saturated heterocycles. The first-order valence-corrected chi connectivity index (χ1v) is 8.93. The first kappa shape index (κ1) is 19.8. The zero-order chi connectivity index (χ0) is 19.2. The highest BCUT2D eigenvalue weighted by Gasteiger charge is 2.40. The topological polar surface area (TPSA) is 79.6 Å². The van der Waals surface area contributed by atoms with Crippen LogP contribution in [0.2, 0.25) is 0 Å². The maximum Gasteiger partial charge on any atom is 0.309 e. The number of hydrogen-bond donors (Lipinski definition) is 0.